The Balaban J connectivity index is 1.41. The minimum absolute atomic E-state index is 0.0385. The fourth-order valence-corrected chi connectivity index (χ4v) is 3.71. The molecule has 1 amide bonds. The van der Waals surface area contributed by atoms with Gasteiger partial charge in [0.25, 0.3) is 5.91 Å². The maximum Gasteiger partial charge on any atom is 0.253 e. The number of anilines is 1. The molecule has 1 aliphatic heterocycles. The van der Waals surface area contributed by atoms with E-state index >= 15 is 0 Å². The van der Waals surface area contributed by atoms with E-state index in [2.05, 4.69) is 11.1 Å². The fourth-order valence-electron chi connectivity index (χ4n) is 3.58. The molecule has 0 unspecified atom stereocenters. The van der Waals surface area contributed by atoms with E-state index in [1.165, 1.54) is 0 Å². The van der Waals surface area contributed by atoms with Crippen molar-refractivity contribution in [3.63, 3.8) is 0 Å². The van der Waals surface area contributed by atoms with E-state index in [4.69, 9.17) is 20.8 Å². The number of amides is 1. The van der Waals surface area contributed by atoms with Gasteiger partial charge in [-0.3, -0.25) is 4.79 Å². The number of hydrogen-bond donors (Lipinski definition) is 0. The molecule has 4 rings (SSSR count). The van der Waals surface area contributed by atoms with Gasteiger partial charge in [-0.25, -0.2) is 0 Å². The summed E-state index contributed by atoms with van der Waals surface area (Å²) >= 11 is 5.91. The molecule has 0 radical (unpaired) electrons. The van der Waals surface area contributed by atoms with Gasteiger partial charge < -0.3 is 19.0 Å². The molecule has 1 aromatic heterocycles. The van der Waals surface area contributed by atoms with Gasteiger partial charge in [-0.1, -0.05) is 23.7 Å². The quantitative estimate of drug-likeness (QED) is 0.526. The van der Waals surface area contributed by atoms with Gasteiger partial charge >= 0.3 is 0 Å². The number of aromatic nitrogens is 1. The molecular formula is C25H23ClN4O3. The van der Waals surface area contributed by atoms with E-state index in [1.807, 2.05) is 42.2 Å². The normalized spacial score (nSPS) is 13.8. The van der Waals surface area contributed by atoms with Crippen LogP contribution in [0.4, 0.5) is 5.88 Å². The monoisotopic (exact) mass is 462 g/mol. The standard InChI is InChI=1S/C25H23ClN4O3/c1-2-32-21-10-3-18(4-11-21)5-12-23-28-22(17-27)25(33-23)30-15-13-29(14-16-30)24(31)19-6-8-20(26)9-7-19/h3-12H,2,13-16H2,1H3/b12-5+. The van der Waals surface area contributed by atoms with Gasteiger partial charge in [-0.05, 0) is 55.0 Å². The zero-order valence-electron chi connectivity index (χ0n) is 18.2. The lowest BCUT2D eigenvalue weighted by atomic mass is 10.2. The molecule has 8 heteroatoms. The smallest absolute Gasteiger partial charge is 0.253 e. The van der Waals surface area contributed by atoms with Crippen LogP contribution in [0.5, 0.6) is 5.75 Å². The molecule has 33 heavy (non-hydrogen) atoms. The van der Waals surface area contributed by atoms with Crippen LogP contribution in [0.25, 0.3) is 12.2 Å². The van der Waals surface area contributed by atoms with E-state index < -0.39 is 0 Å². The fraction of sp³-hybridized carbons (Fsp3) is 0.240. The molecule has 0 bridgehead atoms. The molecule has 1 saturated heterocycles. The van der Waals surface area contributed by atoms with Crippen LogP contribution in [0.3, 0.4) is 0 Å². The Morgan fingerprint density at radius 3 is 2.45 bits per heavy atom. The summed E-state index contributed by atoms with van der Waals surface area (Å²) in [6.45, 7) is 4.69. The Morgan fingerprint density at radius 2 is 1.82 bits per heavy atom. The average molecular weight is 463 g/mol. The number of hydrogen-bond acceptors (Lipinski definition) is 6. The Bertz CT molecular complexity index is 1170. The van der Waals surface area contributed by atoms with Crippen LogP contribution in [0.1, 0.15) is 34.4 Å². The first-order chi connectivity index (χ1) is 16.1. The Kier molecular flexibility index (Phi) is 6.96. The predicted molar refractivity (Wildman–Crippen MR) is 127 cm³/mol. The van der Waals surface area contributed by atoms with Crippen molar-refractivity contribution in [2.45, 2.75) is 6.92 Å². The molecule has 0 saturated carbocycles. The highest BCUT2D eigenvalue weighted by atomic mass is 35.5. The number of rotatable bonds is 6. The molecule has 1 fully saturated rings. The highest BCUT2D eigenvalue weighted by Gasteiger charge is 2.26. The minimum atomic E-state index is -0.0385. The van der Waals surface area contributed by atoms with Crippen molar-refractivity contribution < 1.29 is 13.9 Å². The highest BCUT2D eigenvalue weighted by molar-refractivity contribution is 6.30. The molecule has 2 aromatic carbocycles. The lowest BCUT2D eigenvalue weighted by Gasteiger charge is -2.34. The van der Waals surface area contributed by atoms with Crippen LogP contribution in [0.15, 0.2) is 52.9 Å². The molecule has 0 aliphatic carbocycles. The molecular weight excluding hydrogens is 440 g/mol. The third-order valence-corrected chi connectivity index (χ3v) is 5.54. The second-order valence-corrected chi connectivity index (χ2v) is 7.88. The summed E-state index contributed by atoms with van der Waals surface area (Å²) in [4.78, 5) is 20.8. The second-order valence-electron chi connectivity index (χ2n) is 7.44. The van der Waals surface area contributed by atoms with Gasteiger partial charge in [0, 0.05) is 42.8 Å². The summed E-state index contributed by atoms with van der Waals surface area (Å²) in [7, 11) is 0. The van der Waals surface area contributed by atoms with Gasteiger partial charge in [-0.2, -0.15) is 10.2 Å². The van der Waals surface area contributed by atoms with Gasteiger partial charge in [0.05, 0.1) is 6.61 Å². The number of ether oxygens (including phenoxy) is 1. The van der Waals surface area contributed by atoms with E-state index in [0.717, 1.165) is 11.3 Å². The van der Waals surface area contributed by atoms with Crippen LogP contribution in [0.2, 0.25) is 5.02 Å². The SMILES string of the molecule is CCOc1ccc(/C=C/c2nc(C#N)c(N3CCN(C(=O)c4ccc(Cl)cc4)CC3)o2)cc1. The first kappa shape index (κ1) is 22.4. The minimum Gasteiger partial charge on any atom is -0.494 e. The van der Waals surface area contributed by atoms with E-state index in [1.54, 1.807) is 35.2 Å². The lowest BCUT2D eigenvalue weighted by Crippen LogP contribution is -2.48. The van der Waals surface area contributed by atoms with Crippen molar-refractivity contribution >= 4 is 35.5 Å². The molecule has 0 atom stereocenters. The van der Waals surface area contributed by atoms with Crippen LogP contribution in [-0.2, 0) is 0 Å². The van der Waals surface area contributed by atoms with Crippen molar-refractivity contribution in [2.75, 3.05) is 37.7 Å². The number of nitrogens with zero attached hydrogens (tertiary/aromatic N) is 4. The molecule has 2 heterocycles. The third-order valence-electron chi connectivity index (χ3n) is 5.29. The number of nitriles is 1. The summed E-state index contributed by atoms with van der Waals surface area (Å²) in [5.41, 5.74) is 1.80. The predicted octanol–water partition coefficient (Wildman–Crippen LogP) is 4.73. The van der Waals surface area contributed by atoms with Gasteiger partial charge in [-0.15, -0.1) is 0 Å². The summed E-state index contributed by atoms with van der Waals surface area (Å²) in [5, 5.41) is 10.1. The van der Waals surface area contributed by atoms with E-state index in [9.17, 15) is 10.1 Å². The number of benzene rings is 2. The molecule has 168 valence electrons. The van der Waals surface area contributed by atoms with E-state index in [0.29, 0.717) is 55.1 Å². The highest BCUT2D eigenvalue weighted by Crippen LogP contribution is 2.25. The Hall–Kier alpha value is -3.76. The first-order valence-electron chi connectivity index (χ1n) is 10.7. The number of piperazine rings is 1. The Morgan fingerprint density at radius 1 is 1.12 bits per heavy atom. The molecule has 7 nitrogen and oxygen atoms in total. The average Bonchev–Trinajstić information content (AvgIpc) is 3.27. The van der Waals surface area contributed by atoms with Crippen LogP contribution in [0, 0.1) is 11.3 Å². The zero-order valence-corrected chi connectivity index (χ0v) is 19.0. The molecule has 0 N–H and O–H groups in total. The summed E-state index contributed by atoms with van der Waals surface area (Å²) in [6.07, 6.45) is 3.61. The van der Waals surface area contributed by atoms with Gasteiger partial charge in [0.2, 0.25) is 17.5 Å². The Labute approximate surface area is 197 Å². The summed E-state index contributed by atoms with van der Waals surface area (Å²) in [6, 6.07) is 16.7. The van der Waals surface area contributed by atoms with Crippen molar-refractivity contribution in [3.05, 3.63) is 76.3 Å². The summed E-state index contributed by atoms with van der Waals surface area (Å²) < 4.78 is 11.3. The lowest BCUT2D eigenvalue weighted by molar-refractivity contribution is 0.0745. The number of halogens is 1. The van der Waals surface area contributed by atoms with Crippen molar-refractivity contribution in [1.82, 2.24) is 9.88 Å². The van der Waals surface area contributed by atoms with Gasteiger partial charge in [0.1, 0.15) is 11.8 Å². The zero-order chi connectivity index (χ0) is 23.2. The molecule has 1 aliphatic rings. The van der Waals surface area contributed by atoms with Crippen molar-refractivity contribution in [2.24, 2.45) is 0 Å². The van der Waals surface area contributed by atoms with Crippen molar-refractivity contribution in [1.29, 1.82) is 5.26 Å². The van der Waals surface area contributed by atoms with E-state index in [-0.39, 0.29) is 11.6 Å². The molecule has 3 aromatic rings. The number of carbonyl (C=O) groups excluding carboxylic acids is 1. The third kappa shape index (κ3) is 5.36. The van der Waals surface area contributed by atoms with Gasteiger partial charge in [0.15, 0.2) is 0 Å². The van der Waals surface area contributed by atoms with Crippen LogP contribution < -0.4 is 9.64 Å². The second kappa shape index (κ2) is 10.2. The summed E-state index contributed by atoms with van der Waals surface area (Å²) in [5.74, 6) is 1.56. The molecule has 0 spiro atoms. The number of carbonyl (C=O) groups is 1. The number of oxazole rings is 1. The first-order valence-corrected chi connectivity index (χ1v) is 11.1. The van der Waals surface area contributed by atoms with Crippen LogP contribution in [-0.4, -0.2) is 48.6 Å². The van der Waals surface area contributed by atoms with Crippen LogP contribution >= 0.6 is 11.6 Å². The van der Waals surface area contributed by atoms with Crippen molar-refractivity contribution in [3.8, 4) is 11.8 Å². The maximum atomic E-state index is 12.7. The largest absolute Gasteiger partial charge is 0.494 e. The topological polar surface area (TPSA) is 82.6 Å². The maximum absolute atomic E-state index is 12.7.